The van der Waals surface area contributed by atoms with Gasteiger partial charge in [0.1, 0.15) is 0 Å². The third-order valence-electron chi connectivity index (χ3n) is 3.75. The Balaban J connectivity index is 1.82. The Morgan fingerprint density at radius 2 is 2.20 bits per heavy atom. The molecule has 1 atom stereocenters. The lowest BCUT2D eigenvalue weighted by atomic mass is 10.2. The van der Waals surface area contributed by atoms with Gasteiger partial charge in [-0.15, -0.1) is 11.3 Å². The fourth-order valence-corrected chi connectivity index (χ4v) is 3.57. The van der Waals surface area contributed by atoms with E-state index < -0.39 is 0 Å². The molecule has 20 heavy (non-hydrogen) atoms. The highest BCUT2D eigenvalue weighted by molar-refractivity contribution is 7.11. The van der Waals surface area contributed by atoms with Gasteiger partial charge in [0, 0.05) is 35.4 Å². The third-order valence-corrected chi connectivity index (χ3v) is 4.82. The Bertz CT molecular complexity index is 392. The molecule has 0 saturated carbocycles. The van der Waals surface area contributed by atoms with Crippen molar-refractivity contribution in [3.8, 4) is 0 Å². The normalized spacial score (nSPS) is 20.7. The minimum atomic E-state index is 0.591. The molecule has 1 saturated heterocycles. The summed E-state index contributed by atoms with van der Waals surface area (Å²) < 4.78 is 5.57. The van der Waals surface area contributed by atoms with Crippen molar-refractivity contribution in [2.24, 2.45) is 5.92 Å². The van der Waals surface area contributed by atoms with E-state index in [1.807, 2.05) is 11.3 Å². The smallest absolute Gasteiger partial charge is 0.0622 e. The molecule has 2 rings (SSSR count). The zero-order valence-corrected chi connectivity index (χ0v) is 13.8. The predicted molar refractivity (Wildman–Crippen MR) is 86.2 cm³/mol. The molecule has 0 amide bonds. The fourth-order valence-electron chi connectivity index (χ4n) is 2.56. The lowest BCUT2D eigenvalue weighted by Crippen LogP contribution is -2.44. The standard InChI is InChI=1S/C16H28N2OS/c1-4-14-12-19-8-7-18(14)11-16-6-5-15(20-16)10-17-9-13(2)3/h5-6,13-14,17H,4,7-12H2,1-3H3. The Kier molecular flexibility index (Phi) is 6.49. The molecule has 1 fully saturated rings. The van der Waals surface area contributed by atoms with Crippen molar-refractivity contribution >= 4 is 11.3 Å². The van der Waals surface area contributed by atoms with E-state index in [2.05, 4.69) is 43.1 Å². The van der Waals surface area contributed by atoms with Crippen LogP contribution in [-0.4, -0.2) is 37.2 Å². The van der Waals surface area contributed by atoms with Gasteiger partial charge in [0.25, 0.3) is 0 Å². The van der Waals surface area contributed by atoms with Crippen LogP contribution in [0.1, 0.15) is 36.9 Å². The van der Waals surface area contributed by atoms with Gasteiger partial charge in [-0.2, -0.15) is 0 Å². The number of nitrogens with one attached hydrogen (secondary N) is 1. The highest BCUT2D eigenvalue weighted by Crippen LogP contribution is 2.21. The van der Waals surface area contributed by atoms with Crippen LogP contribution in [-0.2, 0) is 17.8 Å². The summed E-state index contributed by atoms with van der Waals surface area (Å²) in [5.41, 5.74) is 0. The highest BCUT2D eigenvalue weighted by atomic mass is 32.1. The van der Waals surface area contributed by atoms with Gasteiger partial charge in [-0.3, -0.25) is 4.90 Å². The van der Waals surface area contributed by atoms with Gasteiger partial charge in [-0.1, -0.05) is 20.8 Å². The van der Waals surface area contributed by atoms with E-state index in [4.69, 9.17) is 4.74 Å². The van der Waals surface area contributed by atoms with Crippen molar-refractivity contribution in [2.75, 3.05) is 26.3 Å². The van der Waals surface area contributed by atoms with Crippen molar-refractivity contribution < 1.29 is 4.74 Å². The second-order valence-electron chi connectivity index (χ2n) is 6.00. The number of rotatable bonds is 7. The highest BCUT2D eigenvalue weighted by Gasteiger charge is 2.21. The summed E-state index contributed by atoms with van der Waals surface area (Å²) in [7, 11) is 0. The van der Waals surface area contributed by atoms with Crippen LogP contribution < -0.4 is 5.32 Å². The summed E-state index contributed by atoms with van der Waals surface area (Å²) in [6, 6.07) is 5.15. The molecule has 2 heterocycles. The van der Waals surface area contributed by atoms with Crippen molar-refractivity contribution in [1.82, 2.24) is 10.2 Å². The number of thiophene rings is 1. The first kappa shape index (κ1) is 16.0. The molecule has 1 aliphatic rings. The van der Waals surface area contributed by atoms with E-state index in [1.54, 1.807) is 0 Å². The van der Waals surface area contributed by atoms with E-state index in [1.165, 1.54) is 16.2 Å². The quantitative estimate of drug-likeness (QED) is 0.837. The molecule has 0 aliphatic carbocycles. The molecule has 3 nitrogen and oxygen atoms in total. The van der Waals surface area contributed by atoms with E-state index in [9.17, 15) is 0 Å². The zero-order valence-electron chi connectivity index (χ0n) is 13.0. The molecule has 1 aromatic rings. The van der Waals surface area contributed by atoms with Gasteiger partial charge >= 0.3 is 0 Å². The lowest BCUT2D eigenvalue weighted by molar-refractivity contribution is -0.0122. The maximum Gasteiger partial charge on any atom is 0.0622 e. The van der Waals surface area contributed by atoms with Crippen molar-refractivity contribution in [3.63, 3.8) is 0 Å². The summed E-state index contributed by atoms with van der Waals surface area (Å²) >= 11 is 1.95. The third kappa shape index (κ3) is 4.85. The Labute approximate surface area is 127 Å². The van der Waals surface area contributed by atoms with E-state index in [-0.39, 0.29) is 0 Å². The summed E-state index contributed by atoms with van der Waals surface area (Å²) in [4.78, 5) is 5.49. The van der Waals surface area contributed by atoms with E-state index in [0.29, 0.717) is 12.0 Å². The average molecular weight is 296 g/mol. The second-order valence-corrected chi connectivity index (χ2v) is 7.25. The molecule has 0 aromatic carbocycles. The van der Waals surface area contributed by atoms with Crippen LogP contribution >= 0.6 is 11.3 Å². The molecule has 0 bridgehead atoms. The van der Waals surface area contributed by atoms with Crippen LogP contribution in [0.2, 0.25) is 0 Å². The van der Waals surface area contributed by atoms with Gasteiger partial charge in [0.15, 0.2) is 0 Å². The average Bonchev–Trinajstić information content (AvgIpc) is 2.86. The molecule has 1 aromatic heterocycles. The minimum Gasteiger partial charge on any atom is -0.378 e. The molecule has 114 valence electrons. The van der Waals surface area contributed by atoms with Crippen LogP contribution in [0.4, 0.5) is 0 Å². The second kappa shape index (κ2) is 8.13. The first-order valence-corrected chi connectivity index (χ1v) is 8.60. The molecule has 1 N–H and O–H groups in total. The van der Waals surface area contributed by atoms with Crippen LogP contribution in [0.25, 0.3) is 0 Å². The molecule has 4 heteroatoms. The molecule has 0 spiro atoms. The summed E-state index contributed by atoms with van der Waals surface area (Å²) in [5.74, 6) is 0.716. The van der Waals surface area contributed by atoms with Crippen LogP contribution in [0.3, 0.4) is 0 Å². The van der Waals surface area contributed by atoms with Gasteiger partial charge < -0.3 is 10.1 Å². The molecule has 1 aliphatic heterocycles. The van der Waals surface area contributed by atoms with Crippen molar-refractivity contribution in [3.05, 3.63) is 21.9 Å². The molecular formula is C16H28N2OS. The Morgan fingerprint density at radius 3 is 2.95 bits per heavy atom. The van der Waals surface area contributed by atoms with Gasteiger partial charge in [0.05, 0.1) is 13.2 Å². The summed E-state index contributed by atoms with van der Waals surface area (Å²) in [6.45, 7) is 12.8. The van der Waals surface area contributed by atoms with Gasteiger partial charge in [0.2, 0.25) is 0 Å². The Hall–Kier alpha value is -0.420. The number of hydrogen-bond acceptors (Lipinski definition) is 4. The minimum absolute atomic E-state index is 0.591. The largest absolute Gasteiger partial charge is 0.378 e. The first-order chi connectivity index (χ1) is 9.69. The van der Waals surface area contributed by atoms with Gasteiger partial charge in [-0.25, -0.2) is 0 Å². The molecular weight excluding hydrogens is 268 g/mol. The summed E-state index contributed by atoms with van der Waals surface area (Å²) in [5, 5.41) is 3.51. The maximum atomic E-state index is 5.57. The van der Waals surface area contributed by atoms with Crippen LogP contribution in [0, 0.1) is 5.92 Å². The Morgan fingerprint density at radius 1 is 1.40 bits per heavy atom. The van der Waals surface area contributed by atoms with Crippen LogP contribution in [0.5, 0.6) is 0 Å². The predicted octanol–water partition coefficient (Wildman–Crippen LogP) is 3.10. The van der Waals surface area contributed by atoms with Gasteiger partial charge in [-0.05, 0) is 31.0 Å². The van der Waals surface area contributed by atoms with Crippen LogP contribution in [0.15, 0.2) is 12.1 Å². The zero-order chi connectivity index (χ0) is 14.4. The summed E-state index contributed by atoms with van der Waals surface area (Å²) in [6.07, 6.45) is 1.17. The number of nitrogens with zero attached hydrogens (tertiary/aromatic N) is 1. The number of hydrogen-bond donors (Lipinski definition) is 1. The number of morpholine rings is 1. The monoisotopic (exact) mass is 296 g/mol. The van der Waals surface area contributed by atoms with E-state index in [0.717, 1.165) is 39.4 Å². The molecule has 1 unspecified atom stereocenters. The lowest BCUT2D eigenvalue weighted by Gasteiger charge is -2.34. The van der Waals surface area contributed by atoms with Crippen molar-refractivity contribution in [1.29, 1.82) is 0 Å². The number of ether oxygens (including phenoxy) is 1. The maximum absolute atomic E-state index is 5.57. The van der Waals surface area contributed by atoms with Crippen molar-refractivity contribution in [2.45, 2.75) is 46.3 Å². The first-order valence-electron chi connectivity index (χ1n) is 7.79. The topological polar surface area (TPSA) is 24.5 Å². The SMILES string of the molecule is CCC1COCCN1Cc1ccc(CNCC(C)C)s1. The molecule has 0 radical (unpaired) electrons. The fraction of sp³-hybridized carbons (Fsp3) is 0.750. The van der Waals surface area contributed by atoms with E-state index >= 15 is 0 Å².